The summed E-state index contributed by atoms with van der Waals surface area (Å²) < 4.78 is 4.86. The lowest BCUT2D eigenvalue weighted by atomic mass is 10.2. The number of rotatable bonds is 7. The fourth-order valence-corrected chi connectivity index (χ4v) is 2.08. The van der Waals surface area contributed by atoms with E-state index in [1.807, 2.05) is 0 Å². The van der Waals surface area contributed by atoms with Crippen LogP contribution in [-0.4, -0.2) is 49.2 Å². The Bertz CT molecular complexity index is 249. The molecular formula is C12H22N2O2. The molecule has 2 fully saturated rings. The summed E-state index contributed by atoms with van der Waals surface area (Å²) in [4.78, 5) is 14.0. The standard InChI is InChI=1S/C12H22N2O2/c1-3-14(10-6-7-10)8-11(12(15)16-2)13-9-4-5-9/h9-11,13H,3-8H2,1-2H3. The quantitative estimate of drug-likeness (QED) is 0.651. The third kappa shape index (κ3) is 3.19. The minimum atomic E-state index is -0.141. The summed E-state index contributed by atoms with van der Waals surface area (Å²) in [6, 6.07) is 1.11. The van der Waals surface area contributed by atoms with Gasteiger partial charge in [-0.25, -0.2) is 0 Å². The summed E-state index contributed by atoms with van der Waals surface area (Å²) in [5.41, 5.74) is 0. The molecule has 0 spiro atoms. The van der Waals surface area contributed by atoms with E-state index in [1.54, 1.807) is 0 Å². The molecular weight excluding hydrogens is 204 g/mol. The lowest BCUT2D eigenvalue weighted by molar-refractivity contribution is -0.143. The first-order valence-corrected chi connectivity index (χ1v) is 6.32. The highest BCUT2D eigenvalue weighted by Gasteiger charge is 2.34. The molecule has 1 N–H and O–H groups in total. The lowest BCUT2D eigenvalue weighted by Gasteiger charge is -2.25. The molecule has 2 saturated carbocycles. The summed E-state index contributed by atoms with van der Waals surface area (Å²) >= 11 is 0. The maximum Gasteiger partial charge on any atom is 0.324 e. The number of nitrogens with one attached hydrogen (secondary N) is 1. The van der Waals surface area contributed by atoms with Gasteiger partial charge in [0.05, 0.1) is 7.11 Å². The smallest absolute Gasteiger partial charge is 0.324 e. The Hall–Kier alpha value is -0.610. The van der Waals surface area contributed by atoms with Crippen molar-refractivity contribution in [2.45, 2.75) is 50.7 Å². The molecule has 1 unspecified atom stereocenters. The average molecular weight is 226 g/mol. The van der Waals surface area contributed by atoms with E-state index in [9.17, 15) is 4.79 Å². The van der Waals surface area contributed by atoms with Crippen LogP contribution in [0.1, 0.15) is 32.6 Å². The molecule has 0 aliphatic heterocycles. The Morgan fingerprint density at radius 2 is 2.12 bits per heavy atom. The number of nitrogens with zero attached hydrogens (tertiary/aromatic N) is 1. The van der Waals surface area contributed by atoms with Crippen molar-refractivity contribution in [2.24, 2.45) is 0 Å². The number of likely N-dealkylation sites (N-methyl/N-ethyl adjacent to an activating group) is 1. The largest absolute Gasteiger partial charge is 0.468 e. The maximum atomic E-state index is 11.7. The van der Waals surface area contributed by atoms with Gasteiger partial charge >= 0.3 is 5.97 Å². The van der Waals surface area contributed by atoms with Gasteiger partial charge in [0.15, 0.2) is 0 Å². The van der Waals surface area contributed by atoms with E-state index in [4.69, 9.17) is 4.74 Å². The number of esters is 1. The van der Waals surface area contributed by atoms with Crippen LogP contribution in [0.3, 0.4) is 0 Å². The van der Waals surface area contributed by atoms with Crippen LogP contribution in [0.4, 0.5) is 0 Å². The monoisotopic (exact) mass is 226 g/mol. The lowest BCUT2D eigenvalue weighted by Crippen LogP contribution is -2.48. The summed E-state index contributed by atoms with van der Waals surface area (Å²) in [5, 5.41) is 3.37. The van der Waals surface area contributed by atoms with E-state index in [0.29, 0.717) is 12.1 Å². The normalized spacial score (nSPS) is 22.2. The summed E-state index contributed by atoms with van der Waals surface area (Å²) in [5.74, 6) is -0.119. The molecule has 0 amide bonds. The van der Waals surface area contributed by atoms with Crippen molar-refractivity contribution in [3.05, 3.63) is 0 Å². The van der Waals surface area contributed by atoms with Crippen LogP contribution < -0.4 is 5.32 Å². The second-order valence-electron chi connectivity index (χ2n) is 4.84. The van der Waals surface area contributed by atoms with Crippen molar-refractivity contribution in [1.82, 2.24) is 10.2 Å². The van der Waals surface area contributed by atoms with Gasteiger partial charge in [-0.1, -0.05) is 6.92 Å². The molecule has 2 aliphatic carbocycles. The van der Waals surface area contributed by atoms with E-state index in [1.165, 1.54) is 32.8 Å². The molecule has 1 atom stereocenters. The first-order valence-electron chi connectivity index (χ1n) is 6.32. The molecule has 0 aromatic heterocycles. The van der Waals surface area contributed by atoms with Gasteiger partial charge < -0.3 is 10.1 Å². The Kier molecular flexibility index (Phi) is 3.82. The first-order chi connectivity index (χ1) is 7.74. The summed E-state index contributed by atoms with van der Waals surface area (Å²) in [6.45, 7) is 3.97. The molecule has 0 bridgehead atoms. The van der Waals surface area contributed by atoms with Gasteiger partial charge in [-0.3, -0.25) is 9.69 Å². The molecule has 2 aliphatic rings. The maximum absolute atomic E-state index is 11.7. The molecule has 4 nitrogen and oxygen atoms in total. The predicted octanol–water partition coefficient (Wildman–Crippen LogP) is 0.764. The third-order valence-electron chi connectivity index (χ3n) is 3.39. The van der Waals surface area contributed by atoms with Crippen LogP contribution >= 0.6 is 0 Å². The van der Waals surface area contributed by atoms with Crippen LogP contribution in [0.5, 0.6) is 0 Å². The highest BCUT2D eigenvalue weighted by Crippen LogP contribution is 2.27. The van der Waals surface area contributed by atoms with Crippen molar-refractivity contribution >= 4 is 5.97 Å². The fourth-order valence-electron chi connectivity index (χ4n) is 2.08. The molecule has 92 valence electrons. The zero-order valence-corrected chi connectivity index (χ0v) is 10.2. The minimum Gasteiger partial charge on any atom is -0.468 e. The van der Waals surface area contributed by atoms with Crippen LogP contribution in [0.2, 0.25) is 0 Å². The van der Waals surface area contributed by atoms with Crippen molar-refractivity contribution in [3.8, 4) is 0 Å². The van der Waals surface area contributed by atoms with E-state index in [0.717, 1.165) is 13.1 Å². The average Bonchev–Trinajstić information content (AvgIpc) is 3.14. The third-order valence-corrected chi connectivity index (χ3v) is 3.39. The van der Waals surface area contributed by atoms with Gasteiger partial charge in [0.25, 0.3) is 0 Å². The molecule has 0 saturated heterocycles. The molecule has 0 radical (unpaired) electrons. The predicted molar refractivity (Wildman–Crippen MR) is 62.2 cm³/mol. The highest BCUT2D eigenvalue weighted by molar-refractivity contribution is 5.76. The highest BCUT2D eigenvalue weighted by atomic mass is 16.5. The molecule has 0 aromatic carbocycles. The topological polar surface area (TPSA) is 41.6 Å². The zero-order chi connectivity index (χ0) is 11.5. The summed E-state index contributed by atoms with van der Waals surface area (Å²) in [7, 11) is 1.47. The van der Waals surface area contributed by atoms with Gasteiger partial charge in [0.2, 0.25) is 0 Å². The van der Waals surface area contributed by atoms with Gasteiger partial charge in [0, 0.05) is 18.6 Å². The van der Waals surface area contributed by atoms with Crippen molar-refractivity contribution in [1.29, 1.82) is 0 Å². The molecule has 16 heavy (non-hydrogen) atoms. The van der Waals surface area contributed by atoms with E-state index in [2.05, 4.69) is 17.1 Å². The summed E-state index contributed by atoms with van der Waals surface area (Å²) in [6.07, 6.45) is 4.96. The number of carbonyl (C=O) groups is 1. The van der Waals surface area contributed by atoms with Gasteiger partial charge in [0.1, 0.15) is 6.04 Å². The Labute approximate surface area is 97.3 Å². The Morgan fingerprint density at radius 3 is 2.56 bits per heavy atom. The van der Waals surface area contributed by atoms with E-state index >= 15 is 0 Å². The molecule has 4 heteroatoms. The van der Waals surface area contributed by atoms with Crippen LogP contribution in [0.15, 0.2) is 0 Å². The number of methoxy groups -OCH3 is 1. The van der Waals surface area contributed by atoms with Crippen LogP contribution in [0, 0.1) is 0 Å². The van der Waals surface area contributed by atoms with Crippen LogP contribution in [-0.2, 0) is 9.53 Å². The number of hydrogen-bond donors (Lipinski definition) is 1. The van der Waals surface area contributed by atoms with Crippen molar-refractivity contribution in [2.75, 3.05) is 20.2 Å². The second kappa shape index (κ2) is 5.15. The second-order valence-corrected chi connectivity index (χ2v) is 4.84. The van der Waals surface area contributed by atoms with Crippen molar-refractivity contribution in [3.63, 3.8) is 0 Å². The van der Waals surface area contributed by atoms with Gasteiger partial charge in [-0.2, -0.15) is 0 Å². The zero-order valence-electron chi connectivity index (χ0n) is 10.2. The Balaban J connectivity index is 1.85. The van der Waals surface area contributed by atoms with E-state index in [-0.39, 0.29) is 12.0 Å². The van der Waals surface area contributed by atoms with Crippen LogP contribution in [0.25, 0.3) is 0 Å². The van der Waals surface area contributed by atoms with E-state index < -0.39 is 0 Å². The van der Waals surface area contributed by atoms with Crippen molar-refractivity contribution < 1.29 is 9.53 Å². The Morgan fingerprint density at radius 1 is 1.44 bits per heavy atom. The number of ether oxygens (including phenoxy) is 1. The molecule has 0 heterocycles. The molecule has 0 aromatic rings. The van der Waals surface area contributed by atoms with Gasteiger partial charge in [-0.15, -0.1) is 0 Å². The molecule has 2 rings (SSSR count). The number of hydrogen-bond acceptors (Lipinski definition) is 4. The fraction of sp³-hybridized carbons (Fsp3) is 0.917. The van der Waals surface area contributed by atoms with Gasteiger partial charge in [-0.05, 0) is 32.2 Å². The number of carbonyl (C=O) groups excluding carboxylic acids is 1. The first kappa shape index (κ1) is 11.9. The SMILES string of the molecule is CCN(CC(NC1CC1)C(=O)OC)C1CC1. The minimum absolute atomic E-state index is 0.119.